The molecule has 3 nitrogen and oxygen atoms in total. The van der Waals surface area contributed by atoms with Crippen LogP contribution in [-0.2, 0) is 12.4 Å². The number of fused-ring (bicyclic) bond motifs is 1. The van der Waals surface area contributed by atoms with Crippen molar-refractivity contribution < 1.29 is 4.74 Å². The lowest BCUT2D eigenvalue weighted by Crippen LogP contribution is -2.07. The fourth-order valence-electron chi connectivity index (χ4n) is 2.19. The maximum atomic E-state index is 6.02. The van der Waals surface area contributed by atoms with Crippen LogP contribution < -0.4 is 4.74 Å². The number of para-hydroxylation sites is 1. The smallest absolute Gasteiger partial charge is 0.147 e. The quantitative estimate of drug-likeness (QED) is 0.767. The minimum Gasteiger partial charge on any atom is -0.489 e. The molecule has 1 heterocycles. The summed E-state index contributed by atoms with van der Waals surface area (Å²) in [6.07, 6.45) is 0.139. The van der Waals surface area contributed by atoms with Gasteiger partial charge in [0.25, 0.3) is 0 Å². The number of nitrogens with zero attached hydrogens (tertiary/aromatic N) is 2. The van der Waals surface area contributed by atoms with Crippen molar-refractivity contribution in [2.75, 3.05) is 0 Å². The third-order valence-corrected chi connectivity index (χ3v) is 3.09. The number of hydrogen-bond acceptors (Lipinski definition) is 2. The second-order valence-electron chi connectivity index (χ2n) is 5.46. The SMILES string of the molecule is CC(C)Cn1c(CCl)nc2c(OC(C)C)cccc21. The van der Waals surface area contributed by atoms with Crippen LogP contribution in [0.3, 0.4) is 0 Å². The molecule has 1 aromatic carbocycles. The lowest BCUT2D eigenvalue weighted by molar-refractivity contribution is 0.245. The van der Waals surface area contributed by atoms with Gasteiger partial charge in [-0.05, 0) is 31.9 Å². The average Bonchev–Trinajstić information content (AvgIpc) is 2.67. The van der Waals surface area contributed by atoms with E-state index in [9.17, 15) is 0 Å². The molecule has 0 N–H and O–H groups in total. The first-order valence-corrected chi connectivity index (χ1v) is 7.27. The first-order valence-electron chi connectivity index (χ1n) is 6.73. The van der Waals surface area contributed by atoms with Crippen molar-refractivity contribution in [1.29, 1.82) is 0 Å². The van der Waals surface area contributed by atoms with E-state index >= 15 is 0 Å². The fraction of sp³-hybridized carbons (Fsp3) is 0.533. The third-order valence-electron chi connectivity index (χ3n) is 2.85. The highest BCUT2D eigenvalue weighted by Gasteiger charge is 2.15. The van der Waals surface area contributed by atoms with Crippen molar-refractivity contribution in [3.8, 4) is 5.75 Å². The van der Waals surface area contributed by atoms with Gasteiger partial charge in [0, 0.05) is 6.54 Å². The van der Waals surface area contributed by atoms with Gasteiger partial charge >= 0.3 is 0 Å². The van der Waals surface area contributed by atoms with Crippen LogP contribution in [0, 0.1) is 5.92 Å². The zero-order valence-electron chi connectivity index (χ0n) is 12.0. The van der Waals surface area contributed by atoms with E-state index in [0.717, 1.165) is 29.2 Å². The molecule has 2 aromatic rings. The molecule has 0 saturated heterocycles. The van der Waals surface area contributed by atoms with E-state index in [1.54, 1.807) is 0 Å². The minimum absolute atomic E-state index is 0.139. The van der Waals surface area contributed by atoms with E-state index in [2.05, 4.69) is 29.5 Å². The highest BCUT2D eigenvalue weighted by Crippen LogP contribution is 2.28. The molecule has 0 fully saturated rings. The summed E-state index contributed by atoms with van der Waals surface area (Å²) in [5.41, 5.74) is 2.01. The lowest BCUT2D eigenvalue weighted by atomic mass is 10.2. The molecular weight excluding hydrogens is 260 g/mol. The largest absolute Gasteiger partial charge is 0.489 e. The van der Waals surface area contributed by atoms with Crippen LogP contribution in [-0.4, -0.2) is 15.7 Å². The van der Waals surface area contributed by atoms with Gasteiger partial charge in [0.05, 0.1) is 17.5 Å². The Morgan fingerprint density at radius 2 is 2.00 bits per heavy atom. The Balaban J connectivity index is 2.55. The molecule has 0 aliphatic heterocycles. The summed E-state index contributed by atoms with van der Waals surface area (Å²) in [6.45, 7) is 9.35. The van der Waals surface area contributed by atoms with E-state index in [-0.39, 0.29) is 6.10 Å². The molecule has 0 unspecified atom stereocenters. The molecule has 104 valence electrons. The maximum absolute atomic E-state index is 6.02. The van der Waals surface area contributed by atoms with E-state index in [0.29, 0.717) is 11.8 Å². The van der Waals surface area contributed by atoms with Gasteiger partial charge < -0.3 is 9.30 Å². The highest BCUT2D eigenvalue weighted by atomic mass is 35.5. The molecule has 2 rings (SSSR count). The lowest BCUT2D eigenvalue weighted by Gasteiger charge is -2.12. The van der Waals surface area contributed by atoms with E-state index < -0.39 is 0 Å². The molecule has 0 saturated carbocycles. The Bertz CT molecular complexity index is 561. The molecule has 4 heteroatoms. The number of alkyl halides is 1. The second kappa shape index (κ2) is 5.83. The molecule has 0 radical (unpaired) electrons. The number of rotatable bonds is 5. The monoisotopic (exact) mass is 280 g/mol. The molecule has 0 bridgehead atoms. The van der Waals surface area contributed by atoms with Crippen LogP contribution in [0.25, 0.3) is 11.0 Å². The molecule has 0 amide bonds. The Hall–Kier alpha value is -1.22. The molecule has 19 heavy (non-hydrogen) atoms. The summed E-state index contributed by atoms with van der Waals surface area (Å²) in [5, 5.41) is 0. The van der Waals surface area contributed by atoms with Crippen molar-refractivity contribution in [1.82, 2.24) is 9.55 Å². The summed E-state index contributed by atoms with van der Waals surface area (Å²) in [4.78, 5) is 4.64. The minimum atomic E-state index is 0.139. The number of hydrogen-bond donors (Lipinski definition) is 0. The van der Waals surface area contributed by atoms with Gasteiger partial charge in [-0.1, -0.05) is 19.9 Å². The number of imidazole rings is 1. The number of benzene rings is 1. The summed E-state index contributed by atoms with van der Waals surface area (Å²) in [6, 6.07) is 6.05. The third kappa shape index (κ3) is 3.03. The van der Waals surface area contributed by atoms with Crippen molar-refractivity contribution in [3.63, 3.8) is 0 Å². The summed E-state index contributed by atoms with van der Waals surface area (Å²) >= 11 is 6.02. The molecule has 0 aliphatic rings. The topological polar surface area (TPSA) is 27.1 Å². The first-order chi connectivity index (χ1) is 9.02. The predicted octanol–water partition coefficient (Wildman–Crippen LogP) is 4.22. The molecule has 0 spiro atoms. The summed E-state index contributed by atoms with van der Waals surface area (Å²) in [7, 11) is 0. The number of aromatic nitrogens is 2. The predicted molar refractivity (Wildman–Crippen MR) is 79.9 cm³/mol. The maximum Gasteiger partial charge on any atom is 0.147 e. The summed E-state index contributed by atoms with van der Waals surface area (Å²) < 4.78 is 8.02. The Kier molecular flexibility index (Phi) is 4.35. The van der Waals surface area contributed by atoms with Crippen LogP contribution in [0.1, 0.15) is 33.5 Å². The Morgan fingerprint density at radius 1 is 1.26 bits per heavy atom. The molecule has 1 aromatic heterocycles. The van der Waals surface area contributed by atoms with Gasteiger partial charge in [-0.25, -0.2) is 4.98 Å². The fourth-order valence-corrected chi connectivity index (χ4v) is 2.39. The zero-order valence-corrected chi connectivity index (χ0v) is 12.7. The van der Waals surface area contributed by atoms with E-state index in [1.165, 1.54) is 0 Å². The van der Waals surface area contributed by atoms with Gasteiger partial charge in [0.1, 0.15) is 17.1 Å². The average molecular weight is 281 g/mol. The van der Waals surface area contributed by atoms with Gasteiger partial charge in [-0.2, -0.15) is 0 Å². The standard InChI is InChI=1S/C15H21ClN2O/c1-10(2)9-18-12-6-5-7-13(19-11(3)4)15(12)17-14(18)8-16/h5-7,10-11H,8-9H2,1-4H3. The van der Waals surface area contributed by atoms with Crippen molar-refractivity contribution in [2.45, 2.75) is 46.2 Å². The summed E-state index contributed by atoms with van der Waals surface area (Å²) in [5.74, 6) is 2.71. The van der Waals surface area contributed by atoms with Crippen LogP contribution in [0.4, 0.5) is 0 Å². The van der Waals surface area contributed by atoms with Gasteiger partial charge in [0.15, 0.2) is 0 Å². The van der Waals surface area contributed by atoms with Crippen molar-refractivity contribution in [2.24, 2.45) is 5.92 Å². The molecule has 0 atom stereocenters. The van der Waals surface area contributed by atoms with Crippen molar-refractivity contribution in [3.05, 3.63) is 24.0 Å². The normalized spacial score (nSPS) is 11.7. The van der Waals surface area contributed by atoms with Crippen LogP contribution in [0.15, 0.2) is 18.2 Å². The van der Waals surface area contributed by atoms with Gasteiger partial charge in [-0.15, -0.1) is 11.6 Å². The Morgan fingerprint density at radius 3 is 2.58 bits per heavy atom. The number of ether oxygens (including phenoxy) is 1. The Labute approximate surface area is 119 Å². The van der Waals surface area contributed by atoms with E-state index in [4.69, 9.17) is 16.3 Å². The van der Waals surface area contributed by atoms with Crippen LogP contribution >= 0.6 is 11.6 Å². The van der Waals surface area contributed by atoms with Gasteiger partial charge in [-0.3, -0.25) is 0 Å². The van der Waals surface area contributed by atoms with E-state index in [1.807, 2.05) is 26.0 Å². The van der Waals surface area contributed by atoms with Crippen LogP contribution in [0.2, 0.25) is 0 Å². The zero-order chi connectivity index (χ0) is 14.0. The highest BCUT2D eigenvalue weighted by molar-refractivity contribution is 6.16. The second-order valence-corrected chi connectivity index (χ2v) is 5.72. The molecule has 0 aliphatic carbocycles. The van der Waals surface area contributed by atoms with Crippen LogP contribution in [0.5, 0.6) is 5.75 Å². The molecular formula is C15H21ClN2O. The van der Waals surface area contributed by atoms with Gasteiger partial charge in [0.2, 0.25) is 0 Å². The number of halogens is 1. The first kappa shape index (κ1) is 14.2. The van der Waals surface area contributed by atoms with Crippen molar-refractivity contribution >= 4 is 22.6 Å².